The van der Waals surface area contributed by atoms with Crippen molar-refractivity contribution in [2.75, 3.05) is 6.61 Å². The van der Waals surface area contributed by atoms with Gasteiger partial charge in [0.25, 0.3) is 0 Å². The first-order valence-corrected chi connectivity index (χ1v) is 7.16. The SMILES string of the molecule is CCOC(=O)CCCCCc1ccc2cccnc2n1. The van der Waals surface area contributed by atoms with E-state index in [-0.39, 0.29) is 5.97 Å². The number of hydrogen-bond acceptors (Lipinski definition) is 4. The Bertz CT molecular complexity index is 569. The van der Waals surface area contributed by atoms with Crippen LogP contribution in [0.4, 0.5) is 0 Å². The molecule has 0 aliphatic rings. The van der Waals surface area contributed by atoms with E-state index >= 15 is 0 Å². The standard InChI is InChI=1S/C16H20N2O2/c1-2-20-15(19)9-5-3-4-8-14-11-10-13-7-6-12-17-16(13)18-14/h6-7,10-12H,2-5,8-9H2,1H3. The van der Waals surface area contributed by atoms with Gasteiger partial charge in [-0.05, 0) is 50.5 Å². The molecule has 2 aromatic heterocycles. The second-order valence-electron chi connectivity index (χ2n) is 4.72. The highest BCUT2D eigenvalue weighted by molar-refractivity contribution is 5.74. The summed E-state index contributed by atoms with van der Waals surface area (Å²) in [6.07, 6.45) is 6.13. The lowest BCUT2D eigenvalue weighted by molar-refractivity contribution is -0.143. The highest BCUT2D eigenvalue weighted by atomic mass is 16.5. The molecule has 0 saturated heterocycles. The molecule has 0 atom stereocenters. The van der Waals surface area contributed by atoms with E-state index in [1.807, 2.05) is 19.1 Å². The number of carbonyl (C=O) groups excluding carboxylic acids is 1. The highest BCUT2D eigenvalue weighted by Gasteiger charge is 2.02. The summed E-state index contributed by atoms with van der Waals surface area (Å²) in [6.45, 7) is 2.30. The summed E-state index contributed by atoms with van der Waals surface area (Å²) in [5.41, 5.74) is 1.86. The van der Waals surface area contributed by atoms with E-state index < -0.39 is 0 Å². The van der Waals surface area contributed by atoms with E-state index in [4.69, 9.17) is 4.74 Å². The number of rotatable bonds is 7. The molecule has 0 fully saturated rings. The largest absolute Gasteiger partial charge is 0.466 e. The maximum Gasteiger partial charge on any atom is 0.305 e. The summed E-state index contributed by atoms with van der Waals surface area (Å²) in [6, 6.07) is 8.04. The Morgan fingerprint density at radius 2 is 2.10 bits per heavy atom. The van der Waals surface area contributed by atoms with Crippen molar-refractivity contribution in [3.8, 4) is 0 Å². The maximum atomic E-state index is 11.2. The van der Waals surface area contributed by atoms with Crippen LogP contribution < -0.4 is 0 Å². The van der Waals surface area contributed by atoms with E-state index in [9.17, 15) is 4.79 Å². The van der Waals surface area contributed by atoms with Crippen LogP contribution in [0.3, 0.4) is 0 Å². The van der Waals surface area contributed by atoms with Crippen LogP contribution in [-0.2, 0) is 16.0 Å². The number of hydrogen-bond donors (Lipinski definition) is 0. The minimum atomic E-state index is -0.0967. The predicted octanol–water partition coefficient (Wildman–Crippen LogP) is 3.30. The summed E-state index contributed by atoms with van der Waals surface area (Å²) >= 11 is 0. The first kappa shape index (κ1) is 14.4. The quantitative estimate of drug-likeness (QED) is 0.573. The average molecular weight is 272 g/mol. The van der Waals surface area contributed by atoms with Crippen molar-refractivity contribution in [1.29, 1.82) is 0 Å². The minimum Gasteiger partial charge on any atom is -0.466 e. The molecule has 0 radical (unpaired) electrons. The van der Waals surface area contributed by atoms with Crippen LogP contribution in [0.1, 0.15) is 38.3 Å². The number of fused-ring (bicyclic) bond motifs is 1. The Morgan fingerprint density at radius 3 is 2.95 bits per heavy atom. The number of esters is 1. The molecule has 4 nitrogen and oxygen atoms in total. The van der Waals surface area contributed by atoms with Gasteiger partial charge in [0.15, 0.2) is 5.65 Å². The van der Waals surface area contributed by atoms with Crippen molar-refractivity contribution in [1.82, 2.24) is 9.97 Å². The van der Waals surface area contributed by atoms with Gasteiger partial charge >= 0.3 is 5.97 Å². The Hall–Kier alpha value is -1.97. The summed E-state index contributed by atoms with van der Waals surface area (Å²) in [7, 11) is 0. The summed E-state index contributed by atoms with van der Waals surface area (Å²) in [4.78, 5) is 20.0. The molecule has 0 saturated carbocycles. The molecular formula is C16H20N2O2. The Kier molecular flexibility index (Phi) is 5.47. The van der Waals surface area contributed by atoms with Crippen LogP contribution in [0, 0.1) is 0 Å². The molecule has 0 bridgehead atoms. The van der Waals surface area contributed by atoms with Gasteiger partial charge < -0.3 is 4.74 Å². The maximum absolute atomic E-state index is 11.2. The van der Waals surface area contributed by atoms with Crippen molar-refractivity contribution in [3.63, 3.8) is 0 Å². The molecule has 2 rings (SSSR count). The van der Waals surface area contributed by atoms with E-state index in [0.29, 0.717) is 13.0 Å². The van der Waals surface area contributed by atoms with E-state index in [0.717, 1.165) is 42.4 Å². The van der Waals surface area contributed by atoms with Gasteiger partial charge in [0, 0.05) is 23.7 Å². The highest BCUT2D eigenvalue weighted by Crippen LogP contribution is 2.12. The van der Waals surface area contributed by atoms with Crippen LogP contribution >= 0.6 is 0 Å². The smallest absolute Gasteiger partial charge is 0.305 e. The van der Waals surface area contributed by atoms with Gasteiger partial charge in [-0.1, -0.05) is 6.42 Å². The fourth-order valence-electron chi connectivity index (χ4n) is 2.12. The molecule has 0 aromatic carbocycles. The van der Waals surface area contributed by atoms with Crippen LogP contribution in [0.15, 0.2) is 30.5 Å². The monoisotopic (exact) mass is 272 g/mol. The van der Waals surface area contributed by atoms with Crippen molar-refractivity contribution < 1.29 is 9.53 Å². The van der Waals surface area contributed by atoms with Gasteiger partial charge in [0.2, 0.25) is 0 Å². The van der Waals surface area contributed by atoms with Crippen molar-refractivity contribution >= 4 is 17.0 Å². The van der Waals surface area contributed by atoms with E-state index in [2.05, 4.69) is 22.1 Å². The van der Waals surface area contributed by atoms with Gasteiger partial charge in [-0.3, -0.25) is 4.79 Å². The predicted molar refractivity (Wildman–Crippen MR) is 78.3 cm³/mol. The van der Waals surface area contributed by atoms with Crippen LogP contribution in [0.5, 0.6) is 0 Å². The van der Waals surface area contributed by atoms with Crippen LogP contribution in [0.2, 0.25) is 0 Å². The second kappa shape index (κ2) is 7.58. The zero-order valence-electron chi connectivity index (χ0n) is 11.8. The first-order chi connectivity index (χ1) is 9.79. The lowest BCUT2D eigenvalue weighted by Gasteiger charge is -2.03. The molecule has 2 heterocycles. The molecule has 0 aliphatic heterocycles. The fourth-order valence-corrected chi connectivity index (χ4v) is 2.12. The zero-order chi connectivity index (χ0) is 14.2. The minimum absolute atomic E-state index is 0.0967. The molecule has 4 heteroatoms. The zero-order valence-corrected chi connectivity index (χ0v) is 11.8. The molecule has 0 spiro atoms. The topological polar surface area (TPSA) is 52.1 Å². The molecular weight excluding hydrogens is 252 g/mol. The lowest BCUT2D eigenvalue weighted by Crippen LogP contribution is -2.03. The number of aryl methyl sites for hydroxylation is 1. The lowest BCUT2D eigenvalue weighted by atomic mass is 10.1. The fraction of sp³-hybridized carbons (Fsp3) is 0.438. The van der Waals surface area contributed by atoms with Gasteiger partial charge in [0.05, 0.1) is 6.61 Å². The third kappa shape index (κ3) is 4.30. The van der Waals surface area contributed by atoms with Crippen molar-refractivity contribution in [3.05, 3.63) is 36.2 Å². The number of aromatic nitrogens is 2. The summed E-state index contributed by atoms with van der Waals surface area (Å²) in [5, 5.41) is 1.07. The molecule has 20 heavy (non-hydrogen) atoms. The molecule has 0 aliphatic carbocycles. The number of nitrogens with zero attached hydrogens (tertiary/aromatic N) is 2. The summed E-state index contributed by atoms with van der Waals surface area (Å²) in [5.74, 6) is -0.0967. The Morgan fingerprint density at radius 1 is 1.20 bits per heavy atom. The number of pyridine rings is 2. The number of unbranched alkanes of at least 4 members (excludes halogenated alkanes) is 2. The molecule has 106 valence electrons. The Labute approximate surface area is 119 Å². The van der Waals surface area contributed by atoms with Crippen LogP contribution in [0.25, 0.3) is 11.0 Å². The second-order valence-corrected chi connectivity index (χ2v) is 4.72. The van der Waals surface area contributed by atoms with Gasteiger partial charge in [0.1, 0.15) is 0 Å². The van der Waals surface area contributed by atoms with Crippen molar-refractivity contribution in [2.45, 2.75) is 39.0 Å². The number of ether oxygens (including phenoxy) is 1. The van der Waals surface area contributed by atoms with Gasteiger partial charge in [-0.2, -0.15) is 0 Å². The van der Waals surface area contributed by atoms with E-state index in [1.54, 1.807) is 6.20 Å². The first-order valence-electron chi connectivity index (χ1n) is 7.16. The average Bonchev–Trinajstić information content (AvgIpc) is 2.47. The van der Waals surface area contributed by atoms with Gasteiger partial charge in [-0.15, -0.1) is 0 Å². The normalized spacial score (nSPS) is 10.7. The Balaban J connectivity index is 1.74. The molecule has 0 unspecified atom stereocenters. The summed E-state index contributed by atoms with van der Waals surface area (Å²) < 4.78 is 4.90. The van der Waals surface area contributed by atoms with Gasteiger partial charge in [-0.25, -0.2) is 9.97 Å². The molecule has 2 aromatic rings. The van der Waals surface area contributed by atoms with Crippen molar-refractivity contribution in [2.24, 2.45) is 0 Å². The third-order valence-corrected chi connectivity index (χ3v) is 3.14. The molecule has 0 amide bonds. The molecule has 0 N–H and O–H groups in total. The van der Waals surface area contributed by atoms with Crippen LogP contribution in [-0.4, -0.2) is 22.5 Å². The third-order valence-electron chi connectivity index (χ3n) is 3.14. The number of carbonyl (C=O) groups is 1. The van der Waals surface area contributed by atoms with E-state index in [1.165, 1.54) is 0 Å².